The first-order valence-electron chi connectivity index (χ1n) is 4.66. The molecule has 4 heteroatoms. The number of H-pyrrole nitrogens is 1. The summed E-state index contributed by atoms with van der Waals surface area (Å²) in [6.07, 6.45) is -0.532. The van der Waals surface area contributed by atoms with E-state index in [2.05, 4.69) is 26.1 Å². The second-order valence-corrected chi connectivity index (χ2v) is 3.89. The van der Waals surface area contributed by atoms with E-state index in [4.69, 9.17) is 0 Å². The standard InChI is InChI=1S/C11H11BrN2O/c12-7-11(15)10-6-9(13-14-10)8-4-2-1-3-5-8/h1-6,11,15H,7H2,(H,13,14). The summed E-state index contributed by atoms with van der Waals surface area (Å²) in [4.78, 5) is 0. The number of alkyl halides is 1. The lowest BCUT2D eigenvalue weighted by atomic mass is 10.1. The molecule has 0 aliphatic rings. The first-order chi connectivity index (χ1) is 7.31. The monoisotopic (exact) mass is 266 g/mol. The number of benzene rings is 1. The second kappa shape index (κ2) is 4.59. The third-order valence-electron chi connectivity index (χ3n) is 2.17. The molecule has 0 radical (unpaired) electrons. The van der Waals surface area contributed by atoms with Crippen LogP contribution in [0.4, 0.5) is 0 Å². The van der Waals surface area contributed by atoms with E-state index in [-0.39, 0.29) is 0 Å². The van der Waals surface area contributed by atoms with Gasteiger partial charge in [-0.05, 0) is 6.07 Å². The highest BCUT2D eigenvalue weighted by Crippen LogP contribution is 2.20. The quantitative estimate of drug-likeness (QED) is 0.839. The summed E-state index contributed by atoms with van der Waals surface area (Å²) in [6, 6.07) is 11.7. The molecule has 1 unspecified atom stereocenters. The van der Waals surface area contributed by atoms with Gasteiger partial charge in [0.25, 0.3) is 0 Å². The van der Waals surface area contributed by atoms with Gasteiger partial charge < -0.3 is 5.11 Å². The van der Waals surface area contributed by atoms with Crippen molar-refractivity contribution in [2.45, 2.75) is 6.10 Å². The maximum Gasteiger partial charge on any atom is 0.105 e. The Hall–Kier alpha value is -1.13. The molecule has 1 aromatic carbocycles. The van der Waals surface area contributed by atoms with Gasteiger partial charge in [0.05, 0.1) is 11.4 Å². The Bertz CT molecular complexity index is 427. The van der Waals surface area contributed by atoms with Crippen LogP contribution >= 0.6 is 15.9 Å². The van der Waals surface area contributed by atoms with Crippen LogP contribution in [-0.2, 0) is 0 Å². The summed E-state index contributed by atoms with van der Waals surface area (Å²) in [5, 5.41) is 17.0. The van der Waals surface area contributed by atoms with E-state index < -0.39 is 6.10 Å². The molecule has 0 spiro atoms. The van der Waals surface area contributed by atoms with Crippen LogP contribution in [0.3, 0.4) is 0 Å². The summed E-state index contributed by atoms with van der Waals surface area (Å²) in [7, 11) is 0. The van der Waals surface area contributed by atoms with Crippen LogP contribution in [0, 0.1) is 0 Å². The van der Waals surface area contributed by atoms with Gasteiger partial charge >= 0.3 is 0 Å². The molecule has 0 saturated carbocycles. The van der Waals surface area contributed by atoms with E-state index in [1.54, 1.807) is 0 Å². The molecular weight excluding hydrogens is 256 g/mol. The smallest absolute Gasteiger partial charge is 0.105 e. The van der Waals surface area contributed by atoms with Gasteiger partial charge in [-0.25, -0.2) is 0 Å². The fourth-order valence-electron chi connectivity index (χ4n) is 1.35. The van der Waals surface area contributed by atoms with Crippen LogP contribution in [0.5, 0.6) is 0 Å². The van der Waals surface area contributed by atoms with Crippen molar-refractivity contribution in [2.24, 2.45) is 0 Å². The molecule has 0 aliphatic heterocycles. The first kappa shape index (κ1) is 10.4. The Morgan fingerprint density at radius 2 is 2.07 bits per heavy atom. The van der Waals surface area contributed by atoms with Crippen molar-refractivity contribution in [2.75, 3.05) is 5.33 Å². The number of aliphatic hydroxyl groups excluding tert-OH is 1. The molecule has 1 aromatic heterocycles. The number of hydrogen-bond donors (Lipinski definition) is 2. The van der Waals surface area contributed by atoms with Crippen LogP contribution in [-0.4, -0.2) is 20.6 Å². The Morgan fingerprint density at radius 1 is 1.33 bits per heavy atom. The second-order valence-electron chi connectivity index (χ2n) is 3.24. The maximum absolute atomic E-state index is 9.57. The molecule has 2 aromatic rings. The van der Waals surface area contributed by atoms with Crippen molar-refractivity contribution in [3.8, 4) is 11.3 Å². The molecule has 0 amide bonds. The van der Waals surface area contributed by atoms with E-state index in [1.807, 2.05) is 36.4 Å². The number of nitrogens with one attached hydrogen (secondary N) is 1. The van der Waals surface area contributed by atoms with E-state index in [0.717, 1.165) is 17.0 Å². The Balaban J connectivity index is 2.28. The van der Waals surface area contributed by atoms with Gasteiger partial charge in [0.1, 0.15) is 6.10 Å². The minimum Gasteiger partial charge on any atom is -0.386 e. The third-order valence-corrected chi connectivity index (χ3v) is 2.79. The molecule has 1 atom stereocenters. The predicted octanol–water partition coefficient (Wildman–Crippen LogP) is 2.50. The number of halogens is 1. The molecule has 0 fully saturated rings. The minimum absolute atomic E-state index is 0.503. The lowest BCUT2D eigenvalue weighted by Crippen LogP contribution is -1.97. The van der Waals surface area contributed by atoms with E-state index in [9.17, 15) is 5.11 Å². The van der Waals surface area contributed by atoms with Crippen molar-refractivity contribution in [3.63, 3.8) is 0 Å². The average molecular weight is 267 g/mol. The normalized spacial score (nSPS) is 12.7. The fourth-order valence-corrected chi connectivity index (χ4v) is 1.70. The van der Waals surface area contributed by atoms with E-state index in [0.29, 0.717) is 5.33 Å². The molecule has 78 valence electrons. The lowest BCUT2D eigenvalue weighted by Gasteiger charge is -2.00. The van der Waals surface area contributed by atoms with Crippen molar-refractivity contribution in [3.05, 3.63) is 42.1 Å². The molecule has 0 bridgehead atoms. The highest BCUT2D eigenvalue weighted by molar-refractivity contribution is 9.09. The van der Waals surface area contributed by atoms with Gasteiger partial charge in [0.15, 0.2) is 0 Å². The number of aliphatic hydroxyl groups is 1. The van der Waals surface area contributed by atoms with Gasteiger partial charge in [0.2, 0.25) is 0 Å². The molecule has 2 N–H and O–H groups in total. The van der Waals surface area contributed by atoms with Crippen LogP contribution in [0.15, 0.2) is 36.4 Å². The fraction of sp³-hybridized carbons (Fsp3) is 0.182. The summed E-state index contributed by atoms with van der Waals surface area (Å²) >= 11 is 3.22. The summed E-state index contributed by atoms with van der Waals surface area (Å²) in [6.45, 7) is 0. The maximum atomic E-state index is 9.57. The van der Waals surface area contributed by atoms with Crippen molar-refractivity contribution < 1.29 is 5.11 Å². The molecular formula is C11H11BrN2O. The van der Waals surface area contributed by atoms with Crippen LogP contribution < -0.4 is 0 Å². The molecule has 1 heterocycles. The number of nitrogens with zero attached hydrogens (tertiary/aromatic N) is 1. The van der Waals surface area contributed by atoms with Gasteiger partial charge in [0, 0.05) is 10.9 Å². The van der Waals surface area contributed by atoms with Crippen molar-refractivity contribution in [1.29, 1.82) is 0 Å². The number of rotatable bonds is 3. The number of hydrogen-bond acceptors (Lipinski definition) is 2. The number of aromatic amines is 1. The van der Waals surface area contributed by atoms with Crippen LogP contribution in [0.2, 0.25) is 0 Å². The minimum atomic E-state index is -0.532. The predicted molar refractivity (Wildman–Crippen MR) is 62.8 cm³/mol. The highest BCUT2D eigenvalue weighted by atomic mass is 79.9. The number of aromatic nitrogens is 2. The topological polar surface area (TPSA) is 48.9 Å². The summed E-state index contributed by atoms with van der Waals surface area (Å²) in [5.74, 6) is 0. The molecule has 15 heavy (non-hydrogen) atoms. The van der Waals surface area contributed by atoms with Gasteiger partial charge in [-0.1, -0.05) is 46.3 Å². The Kier molecular flexibility index (Phi) is 3.18. The zero-order valence-electron chi connectivity index (χ0n) is 8.02. The largest absolute Gasteiger partial charge is 0.386 e. The van der Waals surface area contributed by atoms with Crippen molar-refractivity contribution in [1.82, 2.24) is 10.2 Å². The van der Waals surface area contributed by atoms with Gasteiger partial charge in [-0.3, -0.25) is 5.10 Å². The first-order valence-corrected chi connectivity index (χ1v) is 5.78. The lowest BCUT2D eigenvalue weighted by molar-refractivity contribution is 0.200. The highest BCUT2D eigenvalue weighted by Gasteiger charge is 2.10. The molecule has 0 aliphatic carbocycles. The zero-order valence-corrected chi connectivity index (χ0v) is 9.61. The van der Waals surface area contributed by atoms with Gasteiger partial charge in [-0.15, -0.1) is 0 Å². The van der Waals surface area contributed by atoms with E-state index in [1.165, 1.54) is 0 Å². The third kappa shape index (κ3) is 2.27. The zero-order chi connectivity index (χ0) is 10.7. The van der Waals surface area contributed by atoms with E-state index >= 15 is 0 Å². The Morgan fingerprint density at radius 3 is 2.73 bits per heavy atom. The van der Waals surface area contributed by atoms with Gasteiger partial charge in [-0.2, -0.15) is 5.10 Å². The molecule has 2 rings (SSSR count). The summed E-state index contributed by atoms with van der Waals surface area (Å²) in [5.41, 5.74) is 2.62. The molecule has 3 nitrogen and oxygen atoms in total. The van der Waals surface area contributed by atoms with Crippen LogP contribution in [0.25, 0.3) is 11.3 Å². The Labute approximate surface area is 96.3 Å². The molecule has 0 saturated heterocycles. The van der Waals surface area contributed by atoms with Crippen LogP contribution in [0.1, 0.15) is 11.8 Å². The summed E-state index contributed by atoms with van der Waals surface area (Å²) < 4.78 is 0. The average Bonchev–Trinajstić information content (AvgIpc) is 2.78. The van der Waals surface area contributed by atoms with Crippen molar-refractivity contribution >= 4 is 15.9 Å². The SMILES string of the molecule is OC(CBr)c1cc(-c2ccccc2)n[nH]1.